The van der Waals surface area contributed by atoms with E-state index in [1.165, 1.54) is 0 Å². The van der Waals surface area contributed by atoms with Crippen LogP contribution < -0.4 is 0 Å². The molecule has 1 rings (SSSR count). The van der Waals surface area contributed by atoms with Gasteiger partial charge in [0.2, 0.25) is 0 Å². The van der Waals surface area contributed by atoms with E-state index >= 15 is 0 Å². The quantitative estimate of drug-likeness (QED) is 0.360. The van der Waals surface area contributed by atoms with Gasteiger partial charge in [0.05, 0.1) is 4.92 Å². The van der Waals surface area contributed by atoms with Crippen LogP contribution in [0.5, 0.6) is 0 Å². The van der Waals surface area contributed by atoms with Crippen molar-refractivity contribution in [2.75, 3.05) is 6.61 Å². The zero-order chi connectivity index (χ0) is 6.85. The third-order valence-corrected chi connectivity index (χ3v) is 0.892. The van der Waals surface area contributed by atoms with E-state index in [1.807, 2.05) is 0 Å². The molecule has 0 saturated heterocycles. The number of hydrogen-bond acceptors (Lipinski definition) is 4. The molecule has 0 N–H and O–H groups in total. The average Bonchev–Trinajstić information content (AvgIpc) is 2.13. The smallest absolute Gasteiger partial charge is 0.349 e. The van der Waals surface area contributed by atoms with Gasteiger partial charge >= 0.3 is 5.70 Å². The van der Waals surface area contributed by atoms with Gasteiger partial charge in [0.25, 0.3) is 5.78 Å². The minimum Gasteiger partial charge on any atom is -0.485 e. The third-order valence-electron chi connectivity index (χ3n) is 0.892. The van der Waals surface area contributed by atoms with Gasteiger partial charge in [-0.05, 0) is 0 Å². The standard InChI is InChI=1S/C4H3NO4/c6-4-2-9-1-3(4)5(7)8/h1H,2H2. The lowest BCUT2D eigenvalue weighted by Gasteiger charge is -1.81. The number of carbonyl (C=O) groups excluding carboxylic acids is 1. The fourth-order valence-corrected chi connectivity index (χ4v) is 0.481. The summed E-state index contributed by atoms with van der Waals surface area (Å²) in [5, 5.41) is 9.85. The molecule has 0 aromatic heterocycles. The highest BCUT2D eigenvalue weighted by atomic mass is 16.6. The monoisotopic (exact) mass is 129 g/mol. The molecule has 0 amide bonds. The normalized spacial score (nSPS) is 16.9. The molecular weight excluding hydrogens is 126 g/mol. The van der Waals surface area contributed by atoms with Gasteiger partial charge in [-0.15, -0.1) is 0 Å². The fourth-order valence-electron chi connectivity index (χ4n) is 0.481. The molecule has 0 unspecified atom stereocenters. The summed E-state index contributed by atoms with van der Waals surface area (Å²) in [4.78, 5) is 19.5. The molecule has 0 bridgehead atoms. The largest absolute Gasteiger partial charge is 0.485 e. The van der Waals surface area contributed by atoms with Crippen molar-refractivity contribution in [3.8, 4) is 0 Å². The van der Waals surface area contributed by atoms with E-state index in [1.54, 1.807) is 0 Å². The predicted molar refractivity (Wildman–Crippen MR) is 26.0 cm³/mol. The Morgan fingerprint density at radius 1 is 1.78 bits per heavy atom. The highest BCUT2D eigenvalue weighted by Gasteiger charge is 2.27. The second-order valence-electron chi connectivity index (χ2n) is 1.49. The Hall–Kier alpha value is -1.39. The molecule has 0 spiro atoms. The first-order valence-electron chi connectivity index (χ1n) is 2.21. The zero-order valence-corrected chi connectivity index (χ0v) is 4.36. The Morgan fingerprint density at radius 2 is 2.44 bits per heavy atom. The maximum Gasteiger partial charge on any atom is 0.349 e. The van der Waals surface area contributed by atoms with E-state index in [0.717, 1.165) is 6.26 Å². The Bertz CT molecular complexity index is 195. The number of carbonyl (C=O) groups is 1. The molecule has 48 valence electrons. The Labute approximate surface area is 50.1 Å². The molecule has 0 radical (unpaired) electrons. The predicted octanol–water partition coefficient (Wildman–Crippen LogP) is -0.296. The van der Waals surface area contributed by atoms with E-state index in [2.05, 4.69) is 4.74 Å². The lowest BCUT2D eigenvalue weighted by molar-refractivity contribution is -0.418. The van der Waals surface area contributed by atoms with Crippen LogP contribution in [0.1, 0.15) is 0 Å². The second-order valence-corrected chi connectivity index (χ2v) is 1.49. The van der Waals surface area contributed by atoms with E-state index in [4.69, 9.17) is 0 Å². The van der Waals surface area contributed by atoms with Crippen molar-refractivity contribution in [3.63, 3.8) is 0 Å². The molecule has 0 aromatic rings. The summed E-state index contributed by atoms with van der Waals surface area (Å²) in [5.74, 6) is -0.569. The first kappa shape index (κ1) is 5.74. The molecule has 5 heteroatoms. The first-order chi connectivity index (χ1) is 4.22. The summed E-state index contributed by atoms with van der Waals surface area (Å²) in [6, 6.07) is 0. The van der Waals surface area contributed by atoms with Gasteiger partial charge in [-0.2, -0.15) is 0 Å². The van der Waals surface area contributed by atoms with Crippen molar-refractivity contribution in [2.24, 2.45) is 0 Å². The second kappa shape index (κ2) is 1.85. The van der Waals surface area contributed by atoms with Crippen LogP contribution in [0, 0.1) is 10.1 Å². The van der Waals surface area contributed by atoms with Crippen molar-refractivity contribution in [3.05, 3.63) is 22.1 Å². The number of ether oxygens (including phenoxy) is 1. The highest BCUT2D eigenvalue weighted by molar-refractivity contribution is 5.95. The van der Waals surface area contributed by atoms with Crippen LogP contribution in [0.4, 0.5) is 0 Å². The van der Waals surface area contributed by atoms with E-state index in [0.29, 0.717) is 0 Å². The molecule has 0 aromatic carbocycles. The van der Waals surface area contributed by atoms with Crippen LogP contribution in [-0.2, 0) is 9.53 Å². The Kier molecular flexibility index (Phi) is 1.18. The van der Waals surface area contributed by atoms with Gasteiger partial charge < -0.3 is 4.74 Å². The molecule has 0 fully saturated rings. The van der Waals surface area contributed by atoms with Gasteiger partial charge in [-0.25, -0.2) is 0 Å². The molecule has 9 heavy (non-hydrogen) atoms. The number of Topliss-reactive ketones (excluding diaryl/α,β-unsaturated/α-hetero) is 1. The van der Waals surface area contributed by atoms with Crippen LogP contribution >= 0.6 is 0 Å². The summed E-state index contributed by atoms with van der Waals surface area (Å²) >= 11 is 0. The molecule has 0 saturated carbocycles. The van der Waals surface area contributed by atoms with Crippen molar-refractivity contribution >= 4 is 5.78 Å². The van der Waals surface area contributed by atoms with E-state index in [9.17, 15) is 14.9 Å². The van der Waals surface area contributed by atoms with Crippen LogP contribution in [0.25, 0.3) is 0 Å². The lowest BCUT2D eigenvalue weighted by atomic mass is 10.4. The average molecular weight is 129 g/mol. The molecule has 1 aliphatic rings. The summed E-state index contributed by atoms with van der Waals surface area (Å²) in [6.45, 7) is -0.198. The van der Waals surface area contributed by atoms with Crippen molar-refractivity contribution in [2.45, 2.75) is 0 Å². The molecule has 1 aliphatic heterocycles. The van der Waals surface area contributed by atoms with Crippen LogP contribution in [0.3, 0.4) is 0 Å². The molecule has 5 nitrogen and oxygen atoms in total. The maximum atomic E-state index is 10.4. The maximum absolute atomic E-state index is 10.4. The van der Waals surface area contributed by atoms with Gasteiger partial charge in [-0.3, -0.25) is 14.9 Å². The van der Waals surface area contributed by atoms with E-state index < -0.39 is 16.4 Å². The first-order valence-corrected chi connectivity index (χ1v) is 2.21. The van der Waals surface area contributed by atoms with Gasteiger partial charge in [0, 0.05) is 0 Å². The number of ketones is 1. The van der Waals surface area contributed by atoms with Gasteiger partial charge in [0.15, 0.2) is 12.9 Å². The van der Waals surface area contributed by atoms with Crippen molar-refractivity contribution < 1.29 is 14.5 Å². The fraction of sp³-hybridized carbons (Fsp3) is 0.250. The third kappa shape index (κ3) is 0.883. The Morgan fingerprint density at radius 3 is 2.67 bits per heavy atom. The van der Waals surface area contributed by atoms with Gasteiger partial charge in [-0.1, -0.05) is 0 Å². The van der Waals surface area contributed by atoms with Gasteiger partial charge in [0.1, 0.15) is 0 Å². The number of nitro groups is 1. The SMILES string of the molecule is O=C1COC=C1[N+](=O)[O-]. The number of hydrogen-bond donors (Lipinski definition) is 0. The lowest BCUT2D eigenvalue weighted by Crippen LogP contribution is -2.08. The zero-order valence-electron chi connectivity index (χ0n) is 4.36. The molecule has 0 atom stereocenters. The van der Waals surface area contributed by atoms with Crippen LogP contribution in [-0.4, -0.2) is 17.3 Å². The van der Waals surface area contributed by atoms with Crippen LogP contribution in [0.15, 0.2) is 12.0 Å². The molecule has 1 heterocycles. The summed E-state index contributed by atoms with van der Waals surface area (Å²) < 4.78 is 4.38. The van der Waals surface area contributed by atoms with Crippen LogP contribution in [0.2, 0.25) is 0 Å². The Balaban J connectivity index is 2.80. The minimum atomic E-state index is -0.755. The number of rotatable bonds is 1. The summed E-state index contributed by atoms with van der Waals surface area (Å²) in [6.07, 6.45) is 0.863. The molecular formula is C4H3NO4. The van der Waals surface area contributed by atoms with Crippen molar-refractivity contribution in [1.29, 1.82) is 0 Å². The van der Waals surface area contributed by atoms with Crippen molar-refractivity contribution in [1.82, 2.24) is 0 Å². The molecule has 0 aliphatic carbocycles. The summed E-state index contributed by atoms with van der Waals surface area (Å²) in [7, 11) is 0. The minimum absolute atomic E-state index is 0.198. The topological polar surface area (TPSA) is 69.4 Å². The highest BCUT2D eigenvalue weighted by Crippen LogP contribution is 2.05. The number of nitrogens with zero attached hydrogens (tertiary/aromatic N) is 1. The summed E-state index contributed by atoms with van der Waals surface area (Å²) in [5.41, 5.74) is -0.463. The van der Waals surface area contributed by atoms with E-state index in [-0.39, 0.29) is 6.61 Å².